The van der Waals surface area contributed by atoms with Gasteiger partial charge in [-0.2, -0.15) is 0 Å². The fourth-order valence-electron chi connectivity index (χ4n) is 2.13. The number of aromatic nitrogens is 3. The standard InChI is InChI=1S/C16H23N5O2/c1-5-21-10-18-20-15(21)9-17-16(22)19-13-6-7-14(12(4)8-13)23-11(2)3/h6-8,10-11H,5,9H2,1-4H3,(H2,17,19,22). The largest absolute Gasteiger partial charge is 0.491 e. The summed E-state index contributed by atoms with van der Waals surface area (Å²) in [5.74, 6) is 1.54. The van der Waals surface area contributed by atoms with E-state index >= 15 is 0 Å². The SMILES string of the molecule is CCn1cnnc1CNC(=O)Nc1ccc(OC(C)C)c(C)c1. The summed E-state index contributed by atoms with van der Waals surface area (Å²) in [6, 6.07) is 5.27. The number of benzene rings is 1. The minimum Gasteiger partial charge on any atom is -0.491 e. The van der Waals surface area contributed by atoms with Crippen LogP contribution in [0.25, 0.3) is 0 Å². The summed E-state index contributed by atoms with van der Waals surface area (Å²) in [5.41, 5.74) is 1.69. The lowest BCUT2D eigenvalue weighted by atomic mass is 10.2. The van der Waals surface area contributed by atoms with Crippen molar-refractivity contribution in [3.05, 3.63) is 35.9 Å². The van der Waals surface area contributed by atoms with Gasteiger partial charge in [0.05, 0.1) is 12.6 Å². The van der Waals surface area contributed by atoms with E-state index in [1.807, 2.05) is 50.5 Å². The van der Waals surface area contributed by atoms with E-state index in [1.165, 1.54) is 0 Å². The summed E-state index contributed by atoms with van der Waals surface area (Å²) in [5, 5.41) is 13.4. The van der Waals surface area contributed by atoms with Gasteiger partial charge in [-0.1, -0.05) is 0 Å². The van der Waals surface area contributed by atoms with Gasteiger partial charge >= 0.3 is 6.03 Å². The normalized spacial score (nSPS) is 10.7. The van der Waals surface area contributed by atoms with Gasteiger partial charge in [0.25, 0.3) is 0 Å². The van der Waals surface area contributed by atoms with E-state index in [4.69, 9.17) is 4.74 Å². The number of amides is 2. The van der Waals surface area contributed by atoms with Crippen LogP contribution < -0.4 is 15.4 Å². The van der Waals surface area contributed by atoms with Gasteiger partial charge in [-0.3, -0.25) is 0 Å². The topological polar surface area (TPSA) is 81.1 Å². The van der Waals surface area contributed by atoms with E-state index in [1.54, 1.807) is 6.33 Å². The van der Waals surface area contributed by atoms with E-state index in [9.17, 15) is 4.79 Å². The van der Waals surface area contributed by atoms with Crippen LogP contribution in [-0.4, -0.2) is 26.9 Å². The van der Waals surface area contributed by atoms with E-state index in [-0.39, 0.29) is 12.1 Å². The van der Waals surface area contributed by atoms with Crippen LogP contribution in [0.5, 0.6) is 5.75 Å². The molecule has 0 saturated heterocycles. The Morgan fingerprint density at radius 3 is 2.83 bits per heavy atom. The van der Waals surface area contributed by atoms with Crippen molar-refractivity contribution < 1.29 is 9.53 Å². The minimum atomic E-state index is -0.285. The Hall–Kier alpha value is -2.57. The molecule has 2 rings (SSSR count). The second-order valence-corrected chi connectivity index (χ2v) is 5.49. The molecule has 0 aliphatic rings. The van der Waals surface area contributed by atoms with Crippen LogP contribution in [0.4, 0.5) is 10.5 Å². The molecule has 0 unspecified atom stereocenters. The molecule has 1 heterocycles. The highest BCUT2D eigenvalue weighted by molar-refractivity contribution is 5.89. The van der Waals surface area contributed by atoms with Crippen LogP contribution >= 0.6 is 0 Å². The first kappa shape index (κ1) is 16.8. The molecule has 124 valence electrons. The fourth-order valence-corrected chi connectivity index (χ4v) is 2.13. The highest BCUT2D eigenvalue weighted by atomic mass is 16.5. The molecule has 7 nitrogen and oxygen atoms in total. The first-order valence-electron chi connectivity index (χ1n) is 7.68. The third kappa shape index (κ3) is 4.70. The molecule has 1 aromatic heterocycles. The van der Waals surface area contributed by atoms with Gasteiger partial charge in [-0.25, -0.2) is 4.79 Å². The van der Waals surface area contributed by atoms with E-state index in [2.05, 4.69) is 20.8 Å². The number of hydrogen-bond donors (Lipinski definition) is 2. The van der Waals surface area contributed by atoms with Gasteiger partial charge in [-0.15, -0.1) is 10.2 Å². The molecule has 0 bridgehead atoms. The van der Waals surface area contributed by atoms with Crippen molar-refractivity contribution in [3.63, 3.8) is 0 Å². The lowest BCUT2D eigenvalue weighted by Gasteiger charge is -2.14. The number of carbonyl (C=O) groups excluding carboxylic acids is 1. The second kappa shape index (κ2) is 7.62. The molecule has 0 aliphatic heterocycles. The smallest absolute Gasteiger partial charge is 0.319 e. The van der Waals surface area contributed by atoms with Crippen molar-refractivity contribution in [1.29, 1.82) is 0 Å². The molecule has 0 aliphatic carbocycles. The van der Waals surface area contributed by atoms with Crippen LogP contribution in [0.3, 0.4) is 0 Å². The lowest BCUT2D eigenvalue weighted by Crippen LogP contribution is -2.29. The van der Waals surface area contributed by atoms with Gasteiger partial charge < -0.3 is 19.9 Å². The molecular weight excluding hydrogens is 294 g/mol. The highest BCUT2D eigenvalue weighted by Crippen LogP contribution is 2.22. The van der Waals surface area contributed by atoms with Gasteiger partial charge in [-0.05, 0) is 51.5 Å². The second-order valence-electron chi connectivity index (χ2n) is 5.49. The summed E-state index contributed by atoms with van der Waals surface area (Å²) in [4.78, 5) is 12.0. The van der Waals surface area contributed by atoms with Crippen molar-refractivity contribution in [1.82, 2.24) is 20.1 Å². The van der Waals surface area contributed by atoms with Gasteiger partial charge in [0.2, 0.25) is 0 Å². The average Bonchev–Trinajstić information content (AvgIpc) is 2.95. The summed E-state index contributed by atoms with van der Waals surface area (Å²) >= 11 is 0. The maximum atomic E-state index is 12.0. The first-order valence-corrected chi connectivity index (χ1v) is 7.68. The predicted octanol–water partition coefficient (Wildman–Crippen LogP) is 2.72. The third-order valence-corrected chi connectivity index (χ3v) is 3.24. The Bertz CT molecular complexity index is 666. The Morgan fingerprint density at radius 1 is 1.39 bits per heavy atom. The summed E-state index contributed by atoms with van der Waals surface area (Å²) in [7, 11) is 0. The van der Waals surface area contributed by atoms with Gasteiger partial charge in [0.1, 0.15) is 12.1 Å². The Labute approximate surface area is 136 Å². The van der Waals surface area contributed by atoms with Crippen LogP contribution in [-0.2, 0) is 13.1 Å². The number of ether oxygens (including phenoxy) is 1. The molecule has 0 radical (unpaired) electrons. The summed E-state index contributed by atoms with van der Waals surface area (Å²) < 4.78 is 7.56. The molecule has 2 aromatic rings. The molecule has 0 spiro atoms. The Morgan fingerprint density at radius 2 is 2.17 bits per heavy atom. The molecule has 1 aromatic carbocycles. The highest BCUT2D eigenvalue weighted by Gasteiger charge is 2.08. The number of aryl methyl sites for hydroxylation is 2. The summed E-state index contributed by atoms with van der Waals surface area (Å²) in [6.07, 6.45) is 1.76. The maximum Gasteiger partial charge on any atom is 0.319 e. The number of rotatable bonds is 6. The van der Waals surface area contributed by atoms with Crippen LogP contribution in [0.1, 0.15) is 32.2 Å². The number of urea groups is 1. The summed E-state index contributed by atoms with van der Waals surface area (Å²) in [6.45, 7) is 9.00. The van der Waals surface area contributed by atoms with Crippen molar-refractivity contribution in [2.75, 3.05) is 5.32 Å². The molecule has 2 amide bonds. The molecule has 0 atom stereocenters. The predicted molar refractivity (Wildman–Crippen MR) is 88.5 cm³/mol. The van der Waals surface area contributed by atoms with Gasteiger partial charge in [0, 0.05) is 12.2 Å². The van der Waals surface area contributed by atoms with Crippen LogP contribution in [0, 0.1) is 6.92 Å². The number of nitrogens with zero attached hydrogens (tertiary/aromatic N) is 3. The number of anilines is 1. The van der Waals surface area contributed by atoms with E-state index < -0.39 is 0 Å². The lowest BCUT2D eigenvalue weighted by molar-refractivity contribution is 0.240. The number of nitrogens with one attached hydrogen (secondary N) is 2. The molecule has 0 saturated carbocycles. The quantitative estimate of drug-likeness (QED) is 0.858. The van der Waals surface area contributed by atoms with E-state index in [0.29, 0.717) is 12.2 Å². The van der Waals surface area contributed by atoms with Crippen molar-refractivity contribution in [2.45, 2.75) is 46.9 Å². The Balaban J connectivity index is 1.91. The van der Waals surface area contributed by atoms with Crippen molar-refractivity contribution in [2.24, 2.45) is 0 Å². The Kier molecular flexibility index (Phi) is 5.56. The monoisotopic (exact) mass is 317 g/mol. The average molecular weight is 317 g/mol. The zero-order chi connectivity index (χ0) is 16.8. The van der Waals surface area contributed by atoms with Gasteiger partial charge in [0.15, 0.2) is 5.82 Å². The first-order chi connectivity index (χ1) is 11.0. The molecule has 7 heteroatoms. The molecule has 23 heavy (non-hydrogen) atoms. The number of carbonyl (C=O) groups is 1. The molecule has 2 N–H and O–H groups in total. The van der Waals surface area contributed by atoms with Crippen LogP contribution in [0.2, 0.25) is 0 Å². The molecular formula is C16H23N5O2. The zero-order valence-corrected chi connectivity index (χ0v) is 14.0. The van der Waals surface area contributed by atoms with E-state index in [0.717, 1.165) is 23.7 Å². The minimum absolute atomic E-state index is 0.117. The maximum absolute atomic E-state index is 12.0. The van der Waals surface area contributed by atoms with Crippen molar-refractivity contribution in [3.8, 4) is 5.75 Å². The van der Waals surface area contributed by atoms with Crippen molar-refractivity contribution >= 4 is 11.7 Å². The zero-order valence-electron chi connectivity index (χ0n) is 14.0. The fraction of sp³-hybridized carbons (Fsp3) is 0.438. The molecule has 0 fully saturated rings. The third-order valence-electron chi connectivity index (χ3n) is 3.24. The van der Waals surface area contributed by atoms with Crippen LogP contribution in [0.15, 0.2) is 24.5 Å². The number of hydrogen-bond acceptors (Lipinski definition) is 4.